The van der Waals surface area contributed by atoms with Gasteiger partial charge in [-0.1, -0.05) is 55.6 Å². The first-order valence-electron chi connectivity index (χ1n) is 18.6. The molecule has 4 aromatic carbocycles. The molecule has 4 N–H and O–H groups in total. The first-order valence-corrected chi connectivity index (χ1v) is 21.4. The third kappa shape index (κ3) is 10.8. The van der Waals surface area contributed by atoms with Gasteiger partial charge in [0.2, 0.25) is 0 Å². The summed E-state index contributed by atoms with van der Waals surface area (Å²) in [5.41, 5.74) is 1.76. The van der Waals surface area contributed by atoms with E-state index in [1.165, 1.54) is 0 Å². The number of fused-ring (bicyclic) bond motifs is 2. The third-order valence-corrected chi connectivity index (χ3v) is 11.7. The maximum Gasteiger partial charge on any atom is 0.171 e. The van der Waals surface area contributed by atoms with E-state index < -0.39 is 0 Å². The van der Waals surface area contributed by atoms with Crippen LogP contribution in [-0.2, 0) is 0 Å². The van der Waals surface area contributed by atoms with Gasteiger partial charge < -0.3 is 35.8 Å². The van der Waals surface area contributed by atoms with Gasteiger partial charge in [0.15, 0.2) is 21.9 Å². The van der Waals surface area contributed by atoms with Crippen molar-refractivity contribution >= 4 is 123 Å². The largest absolute Gasteiger partial charge is 0.497 e. The maximum atomic E-state index is 6.18. The summed E-state index contributed by atoms with van der Waals surface area (Å²) in [5, 5.41) is 36.8. The lowest BCUT2D eigenvalue weighted by Gasteiger charge is -2.34. The van der Waals surface area contributed by atoms with Crippen molar-refractivity contribution in [3.05, 3.63) is 111 Å². The molecule has 6 aromatic rings. The molecule has 0 amide bonds. The molecule has 2 fully saturated rings. The fourth-order valence-corrected chi connectivity index (χ4v) is 8.46. The lowest BCUT2D eigenvalue weighted by molar-refractivity contribution is 0.415. The predicted molar refractivity (Wildman–Crippen MR) is 248 cm³/mol. The molecule has 0 spiro atoms. The quantitative estimate of drug-likeness (QED) is 0.114. The lowest BCUT2D eigenvalue weighted by Crippen LogP contribution is -2.46. The monoisotopic (exact) mass is 946 g/mol. The van der Waals surface area contributed by atoms with Crippen LogP contribution >= 0.6 is 67.9 Å². The number of piperidine rings is 2. The highest BCUT2D eigenvalue weighted by Crippen LogP contribution is 2.30. The molecular weight excluding hydrogens is 908 g/mol. The van der Waals surface area contributed by atoms with E-state index in [9.17, 15) is 0 Å². The predicted octanol–water partition coefficient (Wildman–Crippen LogP) is 9.36. The molecule has 0 radical (unpaired) electrons. The van der Waals surface area contributed by atoms with Crippen molar-refractivity contribution in [2.24, 2.45) is 0 Å². The van der Waals surface area contributed by atoms with Crippen molar-refractivity contribution in [3.8, 4) is 5.75 Å². The Labute approximate surface area is 364 Å². The SMILES string of the molecule is COc1ccc(NC(=S)NC2CCN(c3nncc4cc(Br)ccc34)CC2)cc1.S=C(Nc1ccccc1Cl)NC1CCN(c2nncc3cc(Br)ccc23)CC1. The van der Waals surface area contributed by atoms with Crippen molar-refractivity contribution in [2.75, 3.05) is 53.7 Å². The van der Waals surface area contributed by atoms with Crippen LogP contribution in [0.2, 0.25) is 5.02 Å². The summed E-state index contributed by atoms with van der Waals surface area (Å²) in [6.45, 7) is 3.62. The van der Waals surface area contributed by atoms with Crippen LogP contribution in [0.15, 0.2) is 106 Å². The number of rotatable bonds is 7. The number of nitrogens with zero attached hydrogens (tertiary/aromatic N) is 6. The average molecular weight is 949 g/mol. The molecule has 0 bridgehead atoms. The van der Waals surface area contributed by atoms with Crippen molar-refractivity contribution in [2.45, 2.75) is 37.8 Å². The van der Waals surface area contributed by atoms with Gasteiger partial charge in [-0.05, 0) is 123 Å². The first kappa shape index (κ1) is 40.8. The van der Waals surface area contributed by atoms with Crippen LogP contribution in [-0.4, -0.2) is 76.0 Å². The molecule has 0 aliphatic carbocycles. The smallest absolute Gasteiger partial charge is 0.171 e. The van der Waals surface area contributed by atoms with Crippen LogP contribution in [0, 0.1) is 0 Å². The standard InChI is InChI=1S/C21H22BrN5OS.C20H19BrClN5S/c1-28-18-5-3-16(4-6-18)24-21(29)25-17-8-10-27(11-9-17)20-19-7-2-15(22)12-14(19)13-23-26-20;21-14-5-6-16-13(11-14)12-23-26-19(16)27-9-7-15(8-10-27)24-20(28)25-18-4-2-1-3-17(18)22/h2-7,12-13,17H,8-11H2,1H3,(H2,24,25,29);1-6,11-12,15H,7-10H2,(H2,24,25,28). The Morgan fingerprint density at radius 3 is 1.67 bits per heavy atom. The second-order valence-electron chi connectivity index (χ2n) is 13.7. The summed E-state index contributed by atoms with van der Waals surface area (Å²) < 4.78 is 7.27. The third-order valence-electron chi connectivity index (χ3n) is 9.94. The average Bonchev–Trinajstić information content (AvgIpc) is 3.22. The highest BCUT2D eigenvalue weighted by molar-refractivity contribution is 9.10. The summed E-state index contributed by atoms with van der Waals surface area (Å²) in [6.07, 6.45) is 7.52. The minimum Gasteiger partial charge on any atom is -0.497 e. The van der Waals surface area contributed by atoms with E-state index in [-0.39, 0.29) is 0 Å². The molecule has 294 valence electrons. The molecule has 4 heterocycles. The topological polar surface area (TPSA) is 115 Å². The van der Waals surface area contributed by atoms with Gasteiger partial charge in [0.25, 0.3) is 0 Å². The van der Waals surface area contributed by atoms with Crippen molar-refractivity contribution in [1.29, 1.82) is 0 Å². The number of halogens is 3. The number of anilines is 4. The van der Waals surface area contributed by atoms with Crippen LogP contribution in [0.5, 0.6) is 5.75 Å². The Morgan fingerprint density at radius 1 is 0.684 bits per heavy atom. The van der Waals surface area contributed by atoms with Crippen molar-refractivity contribution < 1.29 is 4.74 Å². The first-order chi connectivity index (χ1) is 27.7. The van der Waals surface area contributed by atoms with Crippen LogP contribution < -0.4 is 35.8 Å². The fourth-order valence-electron chi connectivity index (χ4n) is 6.96. The molecule has 57 heavy (non-hydrogen) atoms. The molecule has 0 saturated carbocycles. The Kier molecular flexibility index (Phi) is 13.8. The lowest BCUT2D eigenvalue weighted by atomic mass is 10.0. The van der Waals surface area contributed by atoms with Gasteiger partial charge in [-0.15, -0.1) is 10.2 Å². The Balaban J connectivity index is 0.000000174. The van der Waals surface area contributed by atoms with Gasteiger partial charge in [0.05, 0.1) is 30.2 Å². The van der Waals surface area contributed by atoms with Gasteiger partial charge >= 0.3 is 0 Å². The highest BCUT2D eigenvalue weighted by Gasteiger charge is 2.24. The molecule has 2 aromatic heterocycles. The number of ether oxygens (including phenoxy) is 1. The van der Waals surface area contributed by atoms with Gasteiger partial charge in [-0.2, -0.15) is 10.2 Å². The van der Waals surface area contributed by atoms with Crippen molar-refractivity contribution in [1.82, 2.24) is 31.0 Å². The van der Waals surface area contributed by atoms with Gasteiger partial charge in [0.1, 0.15) is 5.75 Å². The Bertz CT molecular complexity index is 2340. The number of hydrogen-bond acceptors (Lipinski definition) is 9. The number of benzene rings is 4. The van der Waals surface area contributed by atoms with E-state index in [1.54, 1.807) is 19.5 Å². The minimum absolute atomic E-state index is 0.316. The van der Waals surface area contributed by atoms with E-state index in [4.69, 9.17) is 40.8 Å². The Morgan fingerprint density at radius 2 is 1.18 bits per heavy atom. The molecule has 16 heteroatoms. The summed E-state index contributed by atoms with van der Waals surface area (Å²) in [5.74, 6) is 2.72. The molecular formula is C41H41Br2ClN10OS2. The van der Waals surface area contributed by atoms with Gasteiger partial charge in [0, 0.05) is 74.4 Å². The normalized spacial score (nSPS) is 14.7. The van der Waals surface area contributed by atoms with E-state index in [1.807, 2.05) is 60.7 Å². The van der Waals surface area contributed by atoms with Crippen LogP contribution in [0.3, 0.4) is 0 Å². The molecule has 0 atom stereocenters. The molecule has 0 unspecified atom stereocenters. The fraction of sp³-hybridized carbons (Fsp3) is 0.268. The molecule has 2 aliphatic rings. The molecule has 11 nitrogen and oxygen atoms in total. The van der Waals surface area contributed by atoms with E-state index in [0.717, 1.165) is 111 Å². The van der Waals surface area contributed by atoms with E-state index in [0.29, 0.717) is 27.3 Å². The number of aromatic nitrogens is 4. The molecule has 2 saturated heterocycles. The van der Waals surface area contributed by atoms with Crippen LogP contribution in [0.1, 0.15) is 25.7 Å². The van der Waals surface area contributed by atoms with Crippen LogP contribution in [0.4, 0.5) is 23.0 Å². The molecule has 8 rings (SSSR count). The second kappa shape index (κ2) is 19.4. The van der Waals surface area contributed by atoms with E-state index >= 15 is 0 Å². The van der Waals surface area contributed by atoms with Crippen LogP contribution in [0.25, 0.3) is 21.5 Å². The maximum absolute atomic E-state index is 6.18. The number of methoxy groups -OCH3 is 1. The van der Waals surface area contributed by atoms with Gasteiger partial charge in [-0.25, -0.2) is 0 Å². The zero-order chi connectivity index (χ0) is 39.7. The number of nitrogens with one attached hydrogen (secondary N) is 4. The summed E-state index contributed by atoms with van der Waals surface area (Å²) in [7, 11) is 1.66. The highest BCUT2D eigenvalue weighted by atomic mass is 79.9. The number of hydrogen-bond donors (Lipinski definition) is 4. The zero-order valence-electron chi connectivity index (χ0n) is 31.1. The van der Waals surface area contributed by atoms with Gasteiger partial charge in [-0.3, -0.25) is 0 Å². The Hall–Kier alpha value is -4.41. The zero-order valence-corrected chi connectivity index (χ0v) is 36.7. The summed E-state index contributed by atoms with van der Waals surface area (Å²) in [6, 6.07) is 28.4. The number of para-hydroxylation sites is 1. The molecule has 2 aliphatic heterocycles. The van der Waals surface area contributed by atoms with E-state index in [2.05, 4.69) is 108 Å². The number of thiocarbonyl (C=S) groups is 2. The summed E-state index contributed by atoms with van der Waals surface area (Å²) >= 11 is 24.2. The second-order valence-corrected chi connectivity index (χ2v) is 16.8. The van der Waals surface area contributed by atoms with Crippen molar-refractivity contribution in [3.63, 3.8) is 0 Å². The minimum atomic E-state index is 0.316. The summed E-state index contributed by atoms with van der Waals surface area (Å²) in [4.78, 5) is 4.60.